The van der Waals surface area contributed by atoms with Crippen LogP contribution in [0.25, 0.3) is 5.82 Å². The van der Waals surface area contributed by atoms with Crippen LogP contribution in [0.4, 0.5) is 18.9 Å². The van der Waals surface area contributed by atoms with E-state index in [1.165, 1.54) is 18.3 Å². The summed E-state index contributed by atoms with van der Waals surface area (Å²) in [6, 6.07) is 7.89. The van der Waals surface area contributed by atoms with Crippen molar-refractivity contribution in [2.75, 3.05) is 11.9 Å². The monoisotopic (exact) mass is 550 g/mol. The highest BCUT2D eigenvalue weighted by Gasteiger charge is 2.32. The van der Waals surface area contributed by atoms with E-state index in [0.717, 1.165) is 10.2 Å². The predicted molar refractivity (Wildman–Crippen MR) is 136 cm³/mol. The Morgan fingerprint density at radius 2 is 1.92 bits per heavy atom. The van der Waals surface area contributed by atoms with Gasteiger partial charge in [-0.25, -0.2) is 15.5 Å². The van der Waals surface area contributed by atoms with Crippen molar-refractivity contribution in [1.82, 2.24) is 25.1 Å². The summed E-state index contributed by atoms with van der Waals surface area (Å²) in [5.74, 6) is 4.75. The molecule has 0 saturated heterocycles. The number of amides is 2. The second-order valence-electron chi connectivity index (χ2n) is 8.31. The van der Waals surface area contributed by atoms with Crippen LogP contribution < -0.4 is 22.2 Å². The van der Waals surface area contributed by atoms with Crippen molar-refractivity contribution in [3.05, 3.63) is 81.5 Å². The number of halogens is 4. The number of carbonyl (C=O) groups is 2. The summed E-state index contributed by atoms with van der Waals surface area (Å²) in [6.07, 6.45) is -2.82. The lowest BCUT2D eigenvalue weighted by molar-refractivity contribution is -0.0939. The highest BCUT2D eigenvalue weighted by atomic mass is 35.5. The van der Waals surface area contributed by atoms with Gasteiger partial charge in [-0.05, 0) is 56.2 Å². The lowest BCUT2D eigenvalue weighted by atomic mass is 10.0. The van der Waals surface area contributed by atoms with Crippen molar-refractivity contribution in [3.63, 3.8) is 0 Å². The maximum Gasteiger partial charge on any atom is 0.432 e. The summed E-state index contributed by atoms with van der Waals surface area (Å²) in [5, 5.41) is 10.6. The first-order chi connectivity index (χ1) is 17.8. The smallest absolute Gasteiger partial charge is 0.393 e. The summed E-state index contributed by atoms with van der Waals surface area (Å²) in [6.45, 7) is 5.39. The molecule has 3 aromatic rings. The minimum Gasteiger partial charge on any atom is -0.393 e. The molecule has 38 heavy (non-hydrogen) atoms. The van der Waals surface area contributed by atoms with Crippen molar-refractivity contribution in [3.8, 4) is 5.82 Å². The Morgan fingerprint density at radius 3 is 2.55 bits per heavy atom. The number of rotatable bonds is 8. The van der Waals surface area contributed by atoms with Gasteiger partial charge < -0.3 is 21.4 Å². The molecule has 6 N–H and O–H groups in total. The first-order valence-corrected chi connectivity index (χ1v) is 11.7. The predicted octanol–water partition coefficient (Wildman–Crippen LogP) is 3.58. The number of hydrogen-bond donors (Lipinski definition) is 4. The lowest BCUT2D eigenvalue weighted by Gasteiger charge is -2.15. The molecule has 3 rings (SSSR count). The second-order valence-corrected chi connectivity index (χ2v) is 8.72. The molecule has 2 amide bonds. The number of benzene rings is 1. The number of nitrogens with two attached hydrogens (primary N) is 2. The molecule has 0 bridgehead atoms. The van der Waals surface area contributed by atoms with Crippen LogP contribution in [0.5, 0.6) is 0 Å². The standard InChI is InChI=1S/C24H26ClF3N8O2/c1-4-31-22(37)16-9-13(2)8-14(3)20(16)33-23(38)18-10-15(11-35(30)12-19(29)24(26,27)28)34-36(18)21-17(25)6-5-7-32-21/h5-10,12H,4,11,29-30H2,1-3H3,(H,31,37)(H,33,38)/b19-12-. The molecule has 0 aliphatic rings. The van der Waals surface area contributed by atoms with Gasteiger partial charge in [0.25, 0.3) is 11.8 Å². The Balaban J connectivity index is 2.04. The van der Waals surface area contributed by atoms with Crippen LogP contribution in [0.1, 0.15) is 44.6 Å². The highest BCUT2D eigenvalue weighted by molar-refractivity contribution is 6.32. The summed E-state index contributed by atoms with van der Waals surface area (Å²) in [7, 11) is 0. The largest absolute Gasteiger partial charge is 0.432 e. The summed E-state index contributed by atoms with van der Waals surface area (Å²) >= 11 is 6.28. The van der Waals surface area contributed by atoms with Gasteiger partial charge in [0.05, 0.1) is 28.5 Å². The van der Waals surface area contributed by atoms with Gasteiger partial charge in [-0.1, -0.05) is 17.7 Å². The normalized spacial score (nSPS) is 11.8. The Morgan fingerprint density at radius 1 is 1.21 bits per heavy atom. The van der Waals surface area contributed by atoms with Gasteiger partial charge in [-0.15, -0.1) is 0 Å². The van der Waals surface area contributed by atoms with Crippen LogP contribution in [0.15, 0.2) is 48.4 Å². The topological polar surface area (TPSA) is 144 Å². The molecule has 0 fully saturated rings. The van der Waals surface area contributed by atoms with E-state index in [2.05, 4.69) is 20.7 Å². The van der Waals surface area contributed by atoms with Crippen molar-refractivity contribution in [2.45, 2.75) is 33.5 Å². The summed E-state index contributed by atoms with van der Waals surface area (Å²) < 4.78 is 39.5. The van der Waals surface area contributed by atoms with Gasteiger partial charge in [0.15, 0.2) is 5.82 Å². The zero-order valence-electron chi connectivity index (χ0n) is 20.7. The number of anilines is 1. The van der Waals surface area contributed by atoms with E-state index < -0.39 is 17.8 Å². The SMILES string of the molecule is CCNC(=O)c1cc(C)cc(C)c1NC(=O)c1cc(CN(N)/C=C(\N)C(F)(F)F)nn1-c1ncccc1Cl. The minimum absolute atomic E-state index is 0.0522. The molecule has 0 atom stereocenters. The number of nitrogens with zero attached hydrogens (tertiary/aromatic N) is 4. The van der Waals surface area contributed by atoms with E-state index in [0.29, 0.717) is 23.3 Å². The molecule has 0 aliphatic carbocycles. The van der Waals surface area contributed by atoms with Gasteiger partial charge in [0.1, 0.15) is 11.4 Å². The van der Waals surface area contributed by atoms with E-state index in [9.17, 15) is 22.8 Å². The molecule has 2 aromatic heterocycles. The Labute approximate surface area is 221 Å². The maximum atomic E-state index is 13.5. The molecular formula is C24H26ClF3N8O2. The van der Waals surface area contributed by atoms with Crippen LogP contribution in [0.3, 0.4) is 0 Å². The Bertz CT molecular complexity index is 1390. The molecule has 1 aromatic carbocycles. The molecule has 0 saturated carbocycles. The van der Waals surface area contributed by atoms with Crippen molar-refractivity contribution >= 4 is 29.1 Å². The number of aromatic nitrogens is 3. The summed E-state index contributed by atoms with van der Waals surface area (Å²) in [5.41, 5.74) is 5.71. The fraction of sp³-hybridized carbons (Fsp3) is 0.250. The highest BCUT2D eigenvalue weighted by Crippen LogP contribution is 2.26. The van der Waals surface area contributed by atoms with Crippen LogP contribution in [0.2, 0.25) is 5.02 Å². The van der Waals surface area contributed by atoms with Crippen molar-refractivity contribution in [1.29, 1.82) is 0 Å². The zero-order valence-corrected chi connectivity index (χ0v) is 21.5. The third-order valence-corrected chi connectivity index (χ3v) is 5.50. The van der Waals surface area contributed by atoms with Gasteiger partial charge in [-0.2, -0.15) is 18.3 Å². The molecule has 10 nitrogen and oxygen atoms in total. The number of hydrazine groups is 1. The van der Waals surface area contributed by atoms with Crippen molar-refractivity contribution < 1.29 is 22.8 Å². The first kappa shape index (κ1) is 28.5. The number of alkyl halides is 3. The Kier molecular flexibility index (Phi) is 8.63. The number of pyridine rings is 1. The molecule has 14 heteroatoms. The number of carbonyl (C=O) groups excluding carboxylic acids is 2. The average molecular weight is 551 g/mol. The number of allylic oxidation sites excluding steroid dienone is 1. The zero-order chi connectivity index (χ0) is 28.2. The molecule has 202 valence electrons. The average Bonchev–Trinajstić information content (AvgIpc) is 3.23. The lowest BCUT2D eigenvalue weighted by Crippen LogP contribution is -2.29. The molecule has 0 spiro atoms. The first-order valence-electron chi connectivity index (χ1n) is 11.3. The van der Waals surface area contributed by atoms with E-state index >= 15 is 0 Å². The quantitative estimate of drug-likeness (QED) is 0.248. The van der Waals surface area contributed by atoms with E-state index in [4.69, 9.17) is 23.2 Å². The van der Waals surface area contributed by atoms with Crippen LogP contribution in [-0.4, -0.2) is 44.3 Å². The van der Waals surface area contributed by atoms with E-state index in [1.807, 2.05) is 6.92 Å². The van der Waals surface area contributed by atoms with Gasteiger partial charge in [0.2, 0.25) is 0 Å². The summed E-state index contributed by atoms with van der Waals surface area (Å²) in [4.78, 5) is 30.4. The van der Waals surface area contributed by atoms with Gasteiger partial charge in [-0.3, -0.25) is 9.59 Å². The molecule has 0 radical (unpaired) electrons. The minimum atomic E-state index is -4.77. The van der Waals surface area contributed by atoms with Crippen molar-refractivity contribution in [2.24, 2.45) is 11.6 Å². The molecular weight excluding hydrogens is 525 g/mol. The molecule has 2 heterocycles. The van der Waals surface area contributed by atoms with Gasteiger partial charge in [0, 0.05) is 18.9 Å². The van der Waals surface area contributed by atoms with Gasteiger partial charge >= 0.3 is 6.18 Å². The number of nitrogens with one attached hydrogen (secondary N) is 2. The van der Waals surface area contributed by atoms with E-state index in [-0.39, 0.29) is 45.9 Å². The molecule has 0 unspecified atom stereocenters. The Hall–Kier alpha value is -4.10. The van der Waals surface area contributed by atoms with Crippen LogP contribution in [0, 0.1) is 13.8 Å². The third kappa shape index (κ3) is 6.61. The van der Waals surface area contributed by atoms with E-state index in [1.54, 1.807) is 32.0 Å². The maximum absolute atomic E-state index is 13.5. The third-order valence-electron chi connectivity index (χ3n) is 5.21. The fourth-order valence-electron chi connectivity index (χ4n) is 3.59. The second kappa shape index (κ2) is 11.5. The molecule has 0 aliphatic heterocycles. The number of hydrogen-bond acceptors (Lipinski definition) is 7. The number of aryl methyl sites for hydroxylation is 2. The van der Waals surface area contributed by atoms with Crippen LogP contribution >= 0.6 is 11.6 Å². The van der Waals surface area contributed by atoms with Crippen LogP contribution in [-0.2, 0) is 6.54 Å². The fourth-order valence-corrected chi connectivity index (χ4v) is 3.80.